The molecule has 0 aliphatic rings. The second-order valence-corrected chi connectivity index (χ2v) is 4.80. The molecule has 1 heterocycles. The first kappa shape index (κ1) is 11.1. The molecule has 0 aliphatic heterocycles. The average molecular weight is 351 g/mol. The molecule has 5 heteroatoms. The number of nitrogens with zero attached hydrogens (tertiary/aromatic N) is 2. The monoisotopic (exact) mass is 350 g/mol. The molecule has 0 saturated carbocycles. The molecule has 0 radical (unpaired) electrons. The number of rotatable bonds is 1. The highest BCUT2D eigenvalue weighted by molar-refractivity contribution is 14.1. The highest BCUT2D eigenvalue weighted by Crippen LogP contribution is 2.22. The van der Waals surface area contributed by atoms with E-state index >= 15 is 0 Å². The van der Waals surface area contributed by atoms with Gasteiger partial charge in [-0.1, -0.05) is 35.3 Å². The van der Waals surface area contributed by atoms with Crippen LogP contribution in [0.25, 0.3) is 11.4 Å². The molecule has 2 aromatic rings. The van der Waals surface area contributed by atoms with Crippen LogP contribution in [-0.4, -0.2) is 9.97 Å². The van der Waals surface area contributed by atoms with E-state index in [4.69, 9.17) is 23.2 Å². The highest BCUT2D eigenvalue weighted by atomic mass is 127. The van der Waals surface area contributed by atoms with Gasteiger partial charge in [0, 0.05) is 16.8 Å². The summed E-state index contributed by atoms with van der Waals surface area (Å²) in [5.41, 5.74) is 0.862. The topological polar surface area (TPSA) is 25.8 Å². The zero-order valence-corrected chi connectivity index (χ0v) is 11.1. The van der Waals surface area contributed by atoms with E-state index in [2.05, 4.69) is 32.6 Å². The van der Waals surface area contributed by atoms with Crippen molar-refractivity contribution < 1.29 is 0 Å². The van der Waals surface area contributed by atoms with E-state index in [0.717, 1.165) is 9.13 Å². The van der Waals surface area contributed by atoms with Crippen molar-refractivity contribution in [3.05, 3.63) is 44.2 Å². The van der Waals surface area contributed by atoms with Gasteiger partial charge in [-0.3, -0.25) is 0 Å². The Morgan fingerprint density at radius 1 is 1.20 bits per heavy atom. The van der Waals surface area contributed by atoms with Crippen molar-refractivity contribution in [1.82, 2.24) is 9.97 Å². The van der Waals surface area contributed by atoms with Crippen LogP contribution in [0, 0.1) is 3.57 Å². The fraction of sp³-hybridized carbons (Fsp3) is 0. The second-order valence-electron chi connectivity index (χ2n) is 2.84. The van der Waals surface area contributed by atoms with E-state index in [-0.39, 0.29) is 0 Å². The Balaban J connectivity index is 2.50. The summed E-state index contributed by atoms with van der Waals surface area (Å²) < 4.78 is 0.833. The van der Waals surface area contributed by atoms with Crippen molar-refractivity contribution in [3.63, 3.8) is 0 Å². The smallest absolute Gasteiger partial charge is 0.160 e. The maximum absolute atomic E-state index is 5.91. The zero-order valence-electron chi connectivity index (χ0n) is 7.42. The molecular formula is C10H5Cl2IN2. The van der Waals surface area contributed by atoms with Crippen LogP contribution in [0.5, 0.6) is 0 Å². The summed E-state index contributed by atoms with van der Waals surface area (Å²) in [6.07, 6.45) is 1.69. The predicted octanol–water partition coefficient (Wildman–Crippen LogP) is 4.06. The van der Waals surface area contributed by atoms with Gasteiger partial charge in [0.2, 0.25) is 0 Å². The maximum Gasteiger partial charge on any atom is 0.160 e. The SMILES string of the molecule is Clc1cccc(-c2ncc(I)c(Cl)n2)c1. The molecule has 0 amide bonds. The fourth-order valence-electron chi connectivity index (χ4n) is 1.11. The zero-order chi connectivity index (χ0) is 10.8. The standard InChI is InChI=1S/C10H5Cl2IN2/c11-7-3-1-2-6(4-7)10-14-5-8(13)9(12)15-10/h1-5H. The summed E-state index contributed by atoms with van der Waals surface area (Å²) in [5.74, 6) is 0.586. The van der Waals surface area contributed by atoms with Crippen molar-refractivity contribution in [2.45, 2.75) is 0 Å². The molecule has 1 aromatic heterocycles. The van der Waals surface area contributed by atoms with Gasteiger partial charge in [-0.25, -0.2) is 9.97 Å². The molecule has 15 heavy (non-hydrogen) atoms. The van der Waals surface area contributed by atoms with Gasteiger partial charge in [-0.05, 0) is 34.7 Å². The van der Waals surface area contributed by atoms with Gasteiger partial charge in [0.1, 0.15) is 5.15 Å². The van der Waals surface area contributed by atoms with Gasteiger partial charge >= 0.3 is 0 Å². The van der Waals surface area contributed by atoms with E-state index in [9.17, 15) is 0 Å². The molecule has 0 aliphatic carbocycles. The lowest BCUT2D eigenvalue weighted by atomic mass is 10.2. The number of aromatic nitrogens is 2. The molecule has 0 unspecified atom stereocenters. The van der Waals surface area contributed by atoms with Crippen LogP contribution < -0.4 is 0 Å². The summed E-state index contributed by atoms with van der Waals surface area (Å²) >= 11 is 13.9. The summed E-state index contributed by atoms with van der Waals surface area (Å²) in [7, 11) is 0. The summed E-state index contributed by atoms with van der Waals surface area (Å²) in [6.45, 7) is 0. The van der Waals surface area contributed by atoms with Crippen LogP contribution in [0.2, 0.25) is 10.2 Å². The molecule has 2 nitrogen and oxygen atoms in total. The van der Waals surface area contributed by atoms with Crippen LogP contribution in [0.4, 0.5) is 0 Å². The van der Waals surface area contributed by atoms with Gasteiger partial charge in [0.05, 0.1) is 3.57 Å². The summed E-state index contributed by atoms with van der Waals surface area (Å²) in [6, 6.07) is 7.36. The lowest BCUT2D eigenvalue weighted by Crippen LogP contribution is -1.91. The molecular weight excluding hydrogens is 346 g/mol. The molecule has 0 fully saturated rings. The van der Waals surface area contributed by atoms with Gasteiger partial charge < -0.3 is 0 Å². The van der Waals surface area contributed by atoms with E-state index in [0.29, 0.717) is 16.0 Å². The predicted molar refractivity (Wildman–Crippen MR) is 70.2 cm³/mol. The van der Waals surface area contributed by atoms with E-state index in [1.54, 1.807) is 18.3 Å². The van der Waals surface area contributed by atoms with Crippen LogP contribution in [0.15, 0.2) is 30.5 Å². The van der Waals surface area contributed by atoms with Crippen molar-refractivity contribution in [3.8, 4) is 11.4 Å². The molecule has 1 aromatic carbocycles. The molecule has 0 bridgehead atoms. The number of benzene rings is 1. The quantitative estimate of drug-likeness (QED) is 0.572. The minimum Gasteiger partial charge on any atom is -0.235 e. The van der Waals surface area contributed by atoms with E-state index in [1.807, 2.05) is 12.1 Å². The second kappa shape index (κ2) is 4.63. The lowest BCUT2D eigenvalue weighted by molar-refractivity contribution is 1.16. The summed E-state index contributed by atoms with van der Waals surface area (Å²) in [5, 5.41) is 1.12. The lowest BCUT2D eigenvalue weighted by Gasteiger charge is -2.01. The van der Waals surface area contributed by atoms with Crippen molar-refractivity contribution >= 4 is 45.8 Å². The van der Waals surface area contributed by atoms with Gasteiger partial charge in [0.25, 0.3) is 0 Å². The van der Waals surface area contributed by atoms with Gasteiger partial charge in [-0.2, -0.15) is 0 Å². The third-order valence-electron chi connectivity index (χ3n) is 1.78. The number of halogens is 3. The Morgan fingerprint density at radius 3 is 2.67 bits per heavy atom. The first-order chi connectivity index (χ1) is 7.16. The minimum atomic E-state index is 0.459. The fourth-order valence-corrected chi connectivity index (χ4v) is 1.69. The Kier molecular flexibility index (Phi) is 3.43. The first-order valence-corrected chi connectivity index (χ1v) is 5.94. The van der Waals surface area contributed by atoms with Crippen molar-refractivity contribution in [2.24, 2.45) is 0 Å². The van der Waals surface area contributed by atoms with Crippen LogP contribution in [0.3, 0.4) is 0 Å². The van der Waals surface area contributed by atoms with Crippen LogP contribution in [0.1, 0.15) is 0 Å². The number of hydrogen-bond donors (Lipinski definition) is 0. The minimum absolute atomic E-state index is 0.459. The third-order valence-corrected chi connectivity index (χ3v) is 3.42. The molecule has 0 saturated heterocycles. The van der Waals surface area contributed by atoms with E-state index < -0.39 is 0 Å². The molecule has 0 spiro atoms. The summed E-state index contributed by atoms with van der Waals surface area (Å²) in [4.78, 5) is 8.36. The Labute approximate surface area is 111 Å². The Bertz CT molecular complexity index is 503. The molecule has 76 valence electrons. The maximum atomic E-state index is 5.91. The Morgan fingerprint density at radius 2 is 2.00 bits per heavy atom. The highest BCUT2D eigenvalue weighted by Gasteiger charge is 2.05. The normalized spacial score (nSPS) is 10.3. The molecule has 2 rings (SSSR count). The van der Waals surface area contributed by atoms with Crippen molar-refractivity contribution in [1.29, 1.82) is 0 Å². The van der Waals surface area contributed by atoms with Gasteiger partial charge in [0.15, 0.2) is 5.82 Å². The number of hydrogen-bond acceptors (Lipinski definition) is 2. The van der Waals surface area contributed by atoms with E-state index in [1.165, 1.54) is 0 Å². The molecule has 0 N–H and O–H groups in total. The largest absolute Gasteiger partial charge is 0.235 e. The first-order valence-electron chi connectivity index (χ1n) is 4.11. The van der Waals surface area contributed by atoms with Crippen molar-refractivity contribution in [2.75, 3.05) is 0 Å². The van der Waals surface area contributed by atoms with Gasteiger partial charge in [-0.15, -0.1) is 0 Å². The van der Waals surface area contributed by atoms with Crippen LogP contribution >= 0.6 is 45.8 Å². The molecule has 0 atom stereocenters. The third kappa shape index (κ3) is 2.59. The Hall–Kier alpha value is -0.390. The average Bonchev–Trinajstić information content (AvgIpc) is 2.22. The van der Waals surface area contributed by atoms with Crippen LogP contribution in [-0.2, 0) is 0 Å².